The molecule has 1 saturated carbocycles. The molecule has 2 aromatic rings. The maximum absolute atomic E-state index is 14.0. The molecule has 0 radical (unpaired) electrons. The van der Waals surface area contributed by atoms with Crippen molar-refractivity contribution in [1.29, 1.82) is 0 Å². The summed E-state index contributed by atoms with van der Waals surface area (Å²) in [5.41, 5.74) is -0.0846. The second-order valence-corrected chi connectivity index (χ2v) is 8.42. The Kier molecular flexibility index (Phi) is 7.55. The Balaban J connectivity index is 1.73. The number of Topliss-reactive ketones (excluding diaryl/α,β-unsaturated/α-hetero) is 1. The summed E-state index contributed by atoms with van der Waals surface area (Å²) in [6.45, 7) is 3.79. The van der Waals surface area contributed by atoms with Gasteiger partial charge in [0.1, 0.15) is 5.82 Å². The molecule has 9 nitrogen and oxygen atoms in total. The number of rotatable bonds is 8. The molecule has 1 heterocycles. The molecule has 32 heavy (non-hydrogen) atoms. The van der Waals surface area contributed by atoms with Crippen LogP contribution in [0, 0.1) is 17.7 Å². The number of hydrogen-bond acceptors (Lipinski definition) is 6. The molecule has 0 saturated heterocycles. The van der Waals surface area contributed by atoms with E-state index in [1.165, 1.54) is 18.2 Å². The van der Waals surface area contributed by atoms with Crippen molar-refractivity contribution in [2.24, 2.45) is 11.8 Å². The fraction of sp³-hybridized carbons (Fsp3) is 0.500. The molecule has 0 bridgehead atoms. The van der Waals surface area contributed by atoms with Crippen molar-refractivity contribution in [1.82, 2.24) is 20.8 Å². The second-order valence-electron chi connectivity index (χ2n) is 8.42. The maximum Gasteiger partial charge on any atom is 0.434 e. The molecule has 1 aliphatic rings. The monoisotopic (exact) mass is 446 g/mol. The van der Waals surface area contributed by atoms with Gasteiger partial charge in [-0.25, -0.2) is 14.3 Å². The average molecular weight is 446 g/mol. The molecule has 0 spiro atoms. The van der Waals surface area contributed by atoms with Crippen molar-refractivity contribution < 1.29 is 23.2 Å². The smallest absolute Gasteiger partial charge is 0.384 e. The van der Waals surface area contributed by atoms with E-state index >= 15 is 0 Å². The van der Waals surface area contributed by atoms with Crippen molar-refractivity contribution >= 4 is 17.6 Å². The molecular formula is C22H27FN4O5. The van der Waals surface area contributed by atoms with Gasteiger partial charge in [0.25, 0.3) is 11.8 Å². The van der Waals surface area contributed by atoms with Crippen LogP contribution in [-0.4, -0.2) is 39.9 Å². The van der Waals surface area contributed by atoms with Crippen LogP contribution in [0.25, 0.3) is 0 Å². The van der Waals surface area contributed by atoms with E-state index in [0.29, 0.717) is 19.3 Å². The summed E-state index contributed by atoms with van der Waals surface area (Å²) in [5.74, 6) is -3.97. The highest BCUT2D eigenvalue weighted by Gasteiger charge is 2.35. The molecule has 2 amide bonds. The summed E-state index contributed by atoms with van der Waals surface area (Å²) in [7, 11) is 0. The molecule has 1 aromatic heterocycles. The SMILES string of the molecule is CC(C)C[C@H](NC(=O)[C@@H]1CCCC[C@@H]1NC(=O)c1ccccc1F)C(=O)c1n[nH]c(=O)o1. The number of nitrogens with one attached hydrogen (secondary N) is 3. The zero-order valence-electron chi connectivity index (χ0n) is 18.0. The molecule has 10 heteroatoms. The van der Waals surface area contributed by atoms with Gasteiger partial charge >= 0.3 is 5.76 Å². The third kappa shape index (κ3) is 5.68. The third-order valence-corrected chi connectivity index (χ3v) is 5.53. The lowest BCUT2D eigenvalue weighted by Gasteiger charge is -2.32. The lowest BCUT2D eigenvalue weighted by atomic mass is 9.83. The van der Waals surface area contributed by atoms with Gasteiger partial charge in [-0.2, -0.15) is 0 Å². The molecule has 3 atom stereocenters. The van der Waals surface area contributed by atoms with E-state index < -0.39 is 47.2 Å². The minimum Gasteiger partial charge on any atom is -0.384 e. The zero-order chi connectivity index (χ0) is 23.3. The number of nitrogens with zero attached hydrogens (tertiary/aromatic N) is 1. The molecule has 1 fully saturated rings. The van der Waals surface area contributed by atoms with Gasteiger partial charge in [0.2, 0.25) is 11.7 Å². The number of H-pyrrole nitrogens is 1. The first-order valence-electron chi connectivity index (χ1n) is 10.7. The number of carbonyl (C=O) groups excluding carboxylic acids is 3. The Hall–Kier alpha value is -3.30. The van der Waals surface area contributed by atoms with Crippen molar-refractivity contribution in [2.75, 3.05) is 0 Å². The average Bonchev–Trinajstić information content (AvgIpc) is 3.19. The van der Waals surface area contributed by atoms with Crippen LogP contribution in [-0.2, 0) is 4.79 Å². The fourth-order valence-electron chi connectivity index (χ4n) is 3.97. The first-order chi connectivity index (χ1) is 15.3. The highest BCUT2D eigenvalue weighted by molar-refractivity contribution is 5.99. The molecule has 1 aliphatic carbocycles. The maximum atomic E-state index is 14.0. The lowest BCUT2D eigenvalue weighted by Crippen LogP contribution is -2.52. The summed E-state index contributed by atoms with van der Waals surface area (Å²) in [6.07, 6.45) is 3.02. The number of ketones is 1. The van der Waals surface area contributed by atoms with Crippen LogP contribution < -0.4 is 16.4 Å². The van der Waals surface area contributed by atoms with Gasteiger partial charge in [0.15, 0.2) is 0 Å². The Morgan fingerprint density at radius 1 is 1.22 bits per heavy atom. The van der Waals surface area contributed by atoms with Crippen LogP contribution in [0.4, 0.5) is 4.39 Å². The number of benzene rings is 1. The van der Waals surface area contributed by atoms with E-state index in [-0.39, 0.29) is 17.4 Å². The Morgan fingerprint density at radius 3 is 2.59 bits per heavy atom. The van der Waals surface area contributed by atoms with Crippen LogP contribution >= 0.6 is 0 Å². The van der Waals surface area contributed by atoms with E-state index in [4.69, 9.17) is 4.42 Å². The third-order valence-electron chi connectivity index (χ3n) is 5.53. The minimum absolute atomic E-state index is 0.0674. The molecule has 1 aromatic carbocycles. The number of hydrogen-bond donors (Lipinski definition) is 3. The van der Waals surface area contributed by atoms with Gasteiger partial charge < -0.3 is 15.1 Å². The van der Waals surface area contributed by atoms with Crippen molar-refractivity contribution in [2.45, 2.75) is 58.0 Å². The topological polar surface area (TPSA) is 134 Å². The van der Waals surface area contributed by atoms with Crippen molar-refractivity contribution in [3.8, 4) is 0 Å². The first-order valence-corrected chi connectivity index (χ1v) is 10.7. The predicted molar refractivity (Wildman–Crippen MR) is 112 cm³/mol. The van der Waals surface area contributed by atoms with Gasteiger partial charge in [0.05, 0.1) is 17.5 Å². The van der Waals surface area contributed by atoms with Gasteiger partial charge in [0, 0.05) is 6.04 Å². The fourth-order valence-corrected chi connectivity index (χ4v) is 3.97. The minimum atomic E-state index is -0.932. The number of carbonyl (C=O) groups is 3. The lowest BCUT2D eigenvalue weighted by molar-refractivity contribution is -0.127. The Labute approximate surface area is 184 Å². The number of aromatic nitrogens is 2. The van der Waals surface area contributed by atoms with E-state index in [9.17, 15) is 23.6 Å². The highest BCUT2D eigenvalue weighted by atomic mass is 19.1. The molecule has 0 unspecified atom stereocenters. The van der Waals surface area contributed by atoms with Crippen LogP contribution in [0.1, 0.15) is 67.0 Å². The quantitative estimate of drug-likeness (QED) is 0.532. The van der Waals surface area contributed by atoms with Gasteiger partial charge in [-0.3, -0.25) is 14.4 Å². The molecule has 172 valence electrons. The van der Waals surface area contributed by atoms with Gasteiger partial charge in [-0.05, 0) is 37.3 Å². The second kappa shape index (κ2) is 10.3. The standard InChI is InChI=1S/C22H27FN4O5/c1-12(2)11-17(18(28)21-26-27-22(31)32-21)25-20(30)14-8-4-6-10-16(14)24-19(29)13-7-3-5-9-15(13)23/h3,5,7,9,12,14,16-17H,4,6,8,10-11H2,1-2H3,(H,24,29)(H,25,30)(H,27,31)/t14-,16+,17+/m1/s1. The normalized spacial score (nSPS) is 19.4. The zero-order valence-corrected chi connectivity index (χ0v) is 18.0. The summed E-state index contributed by atoms with van der Waals surface area (Å²) < 4.78 is 18.7. The molecule has 3 rings (SSSR count). The van der Waals surface area contributed by atoms with Crippen LogP contribution in [0.3, 0.4) is 0 Å². The summed E-state index contributed by atoms with van der Waals surface area (Å²) in [6, 6.07) is 4.23. The van der Waals surface area contributed by atoms with E-state index in [2.05, 4.69) is 15.7 Å². The summed E-state index contributed by atoms with van der Waals surface area (Å²) >= 11 is 0. The van der Waals surface area contributed by atoms with Crippen LogP contribution in [0.5, 0.6) is 0 Å². The van der Waals surface area contributed by atoms with E-state index in [1.54, 1.807) is 6.07 Å². The van der Waals surface area contributed by atoms with E-state index in [0.717, 1.165) is 12.8 Å². The summed E-state index contributed by atoms with van der Waals surface area (Å²) in [4.78, 5) is 49.6. The molecular weight excluding hydrogens is 419 g/mol. The Morgan fingerprint density at radius 2 is 1.94 bits per heavy atom. The molecule has 3 N–H and O–H groups in total. The highest BCUT2D eigenvalue weighted by Crippen LogP contribution is 2.26. The summed E-state index contributed by atoms with van der Waals surface area (Å²) in [5, 5.41) is 11.1. The van der Waals surface area contributed by atoms with Crippen molar-refractivity contribution in [3.63, 3.8) is 0 Å². The predicted octanol–water partition coefficient (Wildman–Crippen LogP) is 2.20. The van der Waals surface area contributed by atoms with Crippen LogP contribution in [0.2, 0.25) is 0 Å². The van der Waals surface area contributed by atoms with Crippen LogP contribution in [0.15, 0.2) is 33.5 Å². The number of aromatic amines is 1. The Bertz CT molecular complexity index is 1030. The largest absolute Gasteiger partial charge is 0.434 e. The number of amides is 2. The number of halogens is 1. The van der Waals surface area contributed by atoms with Crippen molar-refractivity contribution in [3.05, 3.63) is 52.1 Å². The van der Waals surface area contributed by atoms with Gasteiger partial charge in [-0.1, -0.05) is 38.8 Å². The van der Waals surface area contributed by atoms with Gasteiger partial charge in [-0.15, -0.1) is 5.10 Å². The first kappa shape index (κ1) is 23.4. The van der Waals surface area contributed by atoms with E-state index in [1.807, 2.05) is 18.9 Å². The molecule has 0 aliphatic heterocycles.